The number of nitrogens with zero attached hydrogens (tertiary/aromatic N) is 1. The summed E-state index contributed by atoms with van der Waals surface area (Å²) in [5.74, 6) is 0. The predicted octanol–water partition coefficient (Wildman–Crippen LogP) is 1.67. The first-order valence-corrected chi connectivity index (χ1v) is 3.64. The lowest BCUT2D eigenvalue weighted by Gasteiger charge is -2.09. The highest BCUT2D eigenvalue weighted by Crippen LogP contribution is 2.02. The maximum atomic E-state index is 3.24. The molecule has 56 valence electrons. The Bertz CT molecular complexity index is 194. The van der Waals surface area contributed by atoms with Gasteiger partial charge in [-0.3, -0.25) is 4.68 Å². The Morgan fingerprint density at radius 3 is 2.20 bits per heavy atom. The van der Waals surface area contributed by atoms with E-state index < -0.39 is 0 Å². The lowest BCUT2D eigenvalue weighted by molar-refractivity contribution is 0.811. The van der Waals surface area contributed by atoms with Gasteiger partial charge in [0.15, 0.2) is 0 Å². The maximum absolute atomic E-state index is 3.24. The normalized spacial score (nSPS) is 9.90. The number of hydrogen-bond donors (Lipinski definition) is 1. The van der Waals surface area contributed by atoms with Gasteiger partial charge in [-0.2, -0.15) is 0 Å². The van der Waals surface area contributed by atoms with Gasteiger partial charge >= 0.3 is 0 Å². The van der Waals surface area contributed by atoms with Gasteiger partial charge < -0.3 is 5.43 Å². The molecule has 0 bridgehead atoms. The van der Waals surface area contributed by atoms with E-state index in [9.17, 15) is 0 Å². The minimum absolute atomic E-state index is 0.969. The Morgan fingerprint density at radius 2 is 1.80 bits per heavy atom. The second-order valence-corrected chi connectivity index (χ2v) is 2.46. The van der Waals surface area contributed by atoms with Crippen LogP contribution < -0.4 is 5.43 Å². The van der Waals surface area contributed by atoms with E-state index in [2.05, 4.69) is 43.0 Å². The lowest BCUT2D eigenvalue weighted by atomic mass is 10.5. The minimum Gasteiger partial charge on any atom is -0.326 e. The summed E-state index contributed by atoms with van der Waals surface area (Å²) in [5, 5.41) is 0. The van der Waals surface area contributed by atoms with E-state index in [0.29, 0.717) is 0 Å². The van der Waals surface area contributed by atoms with Crippen LogP contribution in [0.5, 0.6) is 0 Å². The fourth-order valence-corrected chi connectivity index (χ4v) is 1.08. The van der Waals surface area contributed by atoms with E-state index in [1.165, 1.54) is 11.4 Å². The molecule has 0 amide bonds. The van der Waals surface area contributed by atoms with Crippen LogP contribution in [0.15, 0.2) is 12.1 Å². The first-order valence-electron chi connectivity index (χ1n) is 3.64. The van der Waals surface area contributed by atoms with Crippen molar-refractivity contribution in [2.24, 2.45) is 0 Å². The van der Waals surface area contributed by atoms with Crippen LogP contribution in [0.4, 0.5) is 0 Å². The van der Waals surface area contributed by atoms with E-state index in [0.717, 1.165) is 6.54 Å². The van der Waals surface area contributed by atoms with Gasteiger partial charge in [-0.05, 0) is 32.9 Å². The third-order valence-electron chi connectivity index (χ3n) is 1.59. The second-order valence-electron chi connectivity index (χ2n) is 2.46. The van der Waals surface area contributed by atoms with E-state index in [1.807, 2.05) is 0 Å². The summed E-state index contributed by atoms with van der Waals surface area (Å²) < 4.78 is 2.10. The number of hydrogen-bond acceptors (Lipinski definition) is 1. The highest BCUT2D eigenvalue weighted by molar-refractivity contribution is 5.14. The van der Waals surface area contributed by atoms with Crippen molar-refractivity contribution in [3.63, 3.8) is 0 Å². The summed E-state index contributed by atoms with van der Waals surface area (Å²) in [6.07, 6.45) is 0. The van der Waals surface area contributed by atoms with Gasteiger partial charge in [0, 0.05) is 17.9 Å². The molecule has 0 aliphatic rings. The van der Waals surface area contributed by atoms with E-state index in [4.69, 9.17) is 0 Å². The molecule has 0 aliphatic heterocycles. The van der Waals surface area contributed by atoms with Crippen molar-refractivity contribution in [3.8, 4) is 0 Å². The zero-order valence-corrected chi connectivity index (χ0v) is 6.81. The number of nitrogens with one attached hydrogen (secondary N) is 1. The second kappa shape index (κ2) is 2.78. The molecule has 0 fully saturated rings. The highest BCUT2D eigenvalue weighted by Gasteiger charge is 1.96. The van der Waals surface area contributed by atoms with Crippen molar-refractivity contribution < 1.29 is 0 Å². The van der Waals surface area contributed by atoms with Gasteiger partial charge in [0.25, 0.3) is 0 Å². The number of aromatic nitrogens is 1. The lowest BCUT2D eigenvalue weighted by Crippen LogP contribution is -2.16. The first kappa shape index (κ1) is 7.19. The first-order chi connectivity index (χ1) is 4.75. The average Bonchev–Trinajstić information content (AvgIpc) is 2.20. The average molecular weight is 138 g/mol. The Balaban J connectivity index is 2.87. The van der Waals surface area contributed by atoms with Crippen molar-refractivity contribution >= 4 is 0 Å². The summed E-state index contributed by atoms with van der Waals surface area (Å²) in [6, 6.07) is 4.22. The van der Waals surface area contributed by atoms with Crippen LogP contribution in [0, 0.1) is 13.8 Å². The van der Waals surface area contributed by atoms with Crippen LogP contribution in [-0.2, 0) is 0 Å². The van der Waals surface area contributed by atoms with Gasteiger partial charge in [0.05, 0.1) is 0 Å². The molecule has 0 radical (unpaired) electrons. The fourth-order valence-electron chi connectivity index (χ4n) is 1.08. The van der Waals surface area contributed by atoms with Crippen LogP contribution in [-0.4, -0.2) is 11.2 Å². The standard InChI is InChI=1S/C8H14N2/c1-4-9-10-7(2)5-6-8(10)3/h5-6,9H,4H2,1-3H3. The monoisotopic (exact) mass is 138 g/mol. The summed E-state index contributed by atoms with van der Waals surface area (Å²) in [6.45, 7) is 7.25. The molecule has 2 nitrogen and oxygen atoms in total. The van der Waals surface area contributed by atoms with Gasteiger partial charge in [0.1, 0.15) is 0 Å². The molecule has 0 aliphatic carbocycles. The Kier molecular flexibility index (Phi) is 2.00. The third kappa shape index (κ3) is 1.15. The smallest absolute Gasteiger partial charge is 0.0366 e. The van der Waals surface area contributed by atoms with E-state index in [1.54, 1.807) is 0 Å². The quantitative estimate of drug-likeness (QED) is 0.657. The zero-order chi connectivity index (χ0) is 7.56. The molecule has 0 aromatic carbocycles. The number of aryl methyl sites for hydroxylation is 2. The van der Waals surface area contributed by atoms with Crippen molar-refractivity contribution in [2.45, 2.75) is 20.8 Å². The molecule has 0 saturated heterocycles. The number of rotatable bonds is 2. The molecule has 2 heteroatoms. The minimum atomic E-state index is 0.969. The van der Waals surface area contributed by atoms with Crippen LogP contribution in [0.1, 0.15) is 18.3 Å². The molecule has 1 rings (SSSR count). The van der Waals surface area contributed by atoms with Crippen molar-refractivity contribution in [2.75, 3.05) is 12.0 Å². The fraction of sp³-hybridized carbons (Fsp3) is 0.500. The molecule has 10 heavy (non-hydrogen) atoms. The summed E-state index contributed by atoms with van der Waals surface area (Å²) >= 11 is 0. The third-order valence-corrected chi connectivity index (χ3v) is 1.59. The Hall–Kier alpha value is -0.920. The van der Waals surface area contributed by atoms with Gasteiger partial charge in [-0.1, -0.05) is 0 Å². The molecule has 0 unspecified atom stereocenters. The molecule has 0 spiro atoms. The van der Waals surface area contributed by atoms with Crippen molar-refractivity contribution in [3.05, 3.63) is 23.5 Å². The Morgan fingerprint density at radius 1 is 1.30 bits per heavy atom. The molecule has 0 atom stereocenters. The SMILES string of the molecule is CCNn1c(C)ccc1C. The van der Waals surface area contributed by atoms with Crippen LogP contribution in [0.25, 0.3) is 0 Å². The highest BCUT2D eigenvalue weighted by atomic mass is 15.4. The molecule has 1 aromatic heterocycles. The molecule has 1 heterocycles. The summed E-state index contributed by atoms with van der Waals surface area (Å²) in [5.41, 5.74) is 5.77. The molecular weight excluding hydrogens is 124 g/mol. The molecule has 1 N–H and O–H groups in total. The van der Waals surface area contributed by atoms with E-state index in [-0.39, 0.29) is 0 Å². The van der Waals surface area contributed by atoms with Crippen LogP contribution >= 0.6 is 0 Å². The Labute approximate surface area is 61.8 Å². The molecule has 0 saturated carbocycles. The van der Waals surface area contributed by atoms with Crippen LogP contribution in [0.2, 0.25) is 0 Å². The van der Waals surface area contributed by atoms with Crippen molar-refractivity contribution in [1.29, 1.82) is 0 Å². The largest absolute Gasteiger partial charge is 0.326 e. The molecule has 1 aromatic rings. The summed E-state index contributed by atoms with van der Waals surface area (Å²) in [4.78, 5) is 0. The topological polar surface area (TPSA) is 17.0 Å². The maximum Gasteiger partial charge on any atom is 0.0366 e. The van der Waals surface area contributed by atoms with Gasteiger partial charge in [-0.25, -0.2) is 0 Å². The van der Waals surface area contributed by atoms with Crippen molar-refractivity contribution in [1.82, 2.24) is 4.68 Å². The zero-order valence-electron chi connectivity index (χ0n) is 6.81. The van der Waals surface area contributed by atoms with Crippen LogP contribution in [0.3, 0.4) is 0 Å². The van der Waals surface area contributed by atoms with Gasteiger partial charge in [-0.15, -0.1) is 0 Å². The van der Waals surface area contributed by atoms with E-state index >= 15 is 0 Å². The van der Waals surface area contributed by atoms with Gasteiger partial charge in [0.2, 0.25) is 0 Å². The summed E-state index contributed by atoms with van der Waals surface area (Å²) in [7, 11) is 0. The predicted molar refractivity (Wildman–Crippen MR) is 43.8 cm³/mol. The molecular formula is C8H14N2.